The van der Waals surface area contributed by atoms with E-state index in [-0.39, 0.29) is 18.6 Å². The number of pyridine rings is 1. The Hall–Kier alpha value is -2.30. The first-order valence-corrected chi connectivity index (χ1v) is 9.49. The lowest BCUT2D eigenvalue weighted by atomic mass is 10.1. The lowest BCUT2D eigenvalue weighted by Crippen LogP contribution is -2.39. The van der Waals surface area contributed by atoms with Gasteiger partial charge in [0.05, 0.1) is 10.0 Å². The number of amides is 1. The van der Waals surface area contributed by atoms with Crippen LogP contribution < -0.4 is 9.64 Å². The second kappa shape index (κ2) is 7.02. The van der Waals surface area contributed by atoms with Crippen LogP contribution in [-0.4, -0.2) is 23.5 Å². The molecule has 0 radical (unpaired) electrons. The van der Waals surface area contributed by atoms with E-state index in [2.05, 4.69) is 11.1 Å². The molecule has 0 saturated heterocycles. The lowest BCUT2D eigenvalue weighted by Gasteiger charge is -2.23. The monoisotopic (exact) mass is 400 g/mol. The fraction of sp³-hybridized carbons (Fsp3) is 0.238. The molecule has 4 rings (SSSR count). The summed E-state index contributed by atoms with van der Waals surface area (Å²) in [6, 6.07) is 13.4. The topological polar surface area (TPSA) is 42.4 Å². The van der Waals surface area contributed by atoms with E-state index in [0.29, 0.717) is 21.3 Å². The average Bonchev–Trinajstić information content (AvgIpc) is 2.96. The number of ether oxygens (including phenoxy) is 1. The number of para-hydroxylation sites is 1. The summed E-state index contributed by atoms with van der Waals surface area (Å²) in [5.74, 6) is 0.271. The van der Waals surface area contributed by atoms with Crippen molar-refractivity contribution >= 4 is 45.7 Å². The van der Waals surface area contributed by atoms with Crippen molar-refractivity contribution in [3.63, 3.8) is 0 Å². The Morgan fingerprint density at radius 1 is 1.22 bits per heavy atom. The number of halogens is 2. The third kappa shape index (κ3) is 3.24. The molecule has 0 spiro atoms. The van der Waals surface area contributed by atoms with E-state index in [4.69, 9.17) is 27.9 Å². The van der Waals surface area contributed by atoms with Gasteiger partial charge in [0.25, 0.3) is 5.91 Å². The smallest absolute Gasteiger partial charge is 0.265 e. The van der Waals surface area contributed by atoms with Gasteiger partial charge in [-0.15, -0.1) is 0 Å². The molecule has 1 aliphatic heterocycles. The summed E-state index contributed by atoms with van der Waals surface area (Å²) in [5, 5.41) is 1.59. The number of hydrogen-bond acceptors (Lipinski definition) is 3. The zero-order valence-corrected chi connectivity index (χ0v) is 16.5. The van der Waals surface area contributed by atoms with Gasteiger partial charge in [-0.25, -0.2) is 4.98 Å². The Balaban J connectivity index is 1.63. The van der Waals surface area contributed by atoms with E-state index in [1.54, 1.807) is 11.0 Å². The summed E-state index contributed by atoms with van der Waals surface area (Å²) in [6.45, 7) is 3.80. The van der Waals surface area contributed by atoms with Gasteiger partial charge in [-0.3, -0.25) is 4.79 Å². The second-order valence-electron chi connectivity index (χ2n) is 6.75. The Labute approximate surface area is 167 Å². The van der Waals surface area contributed by atoms with Crippen LogP contribution >= 0.6 is 23.2 Å². The maximum Gasteiger partial charge on any atom is 0.265 e. The van der Waals surface area contributed by atoms with E-state index in [0.717, 1.165) is 23.2 Å². The molecular weight excluding hydrogens is 383 g/mol. The highest BCUT2D eigenvalue weighted by molar-refractivity contribution is 6.39. The molecule has 1 atom stereocenters. The molecule has 1 amide bonds. The van der Waals surface area contributed by atoms with Gasteiger partial charge in [-0.1, -0.05) is 41.4 Å². The molecule has 1 aromatic heterocycles. The van der Waals surface area contributed by atoms with Crippen molar-refractivity contribution in [3.8, 4) is 5.75 Å². The minimum Gasteiger partial charge on any atom is -0.480 e. The minimum atomic E-state index is -0.120. The number of carbonyl (C=O) groups is 1. The molecule has 0 bridgehead atoms. The first kappa shape index (κ1) is 18.1. The summed E-state index contributed by atoms with van der Waals surface area (Å²) in [6.07, 6.45) is 0.841. The summed E-state index contributed by atoms with van der Waals surface area (Å²) >= 11 is 12.6. The quantitative estimate of drug-likeness (QED) is 0.605. The first-order valence-electron chi connectivity index (χ1n) is 8.74. The Morgan fingerprint density at radius 3 is 2.81 bits per heavy atom. The van der Waals surface area contributed by atoms with Crippen LogP contribution in [0.25, 0.3) is 10.9 Å². The molecule has 27 heavy (non-hydrogen) atoms. The highest BCUT2D eigenvalue weighted by Crippen LogP contribution is 2.38. The van der Waals surface area contributed by atoms with Crippen LogP contribution in [0.2, 0.25) is 10.0 Å². The van der Waals surface area contributed by atoms with Gasteiger partial charge >= 0.3 is 0 Å². The molecule has 2 aromatic carbocycles. The van der Waals surface area contributed by atoms with Crippen molar-refractivity contribution < 1.29 is 9.53 Å². The fourth-order valence-electron chi connectivity index (χ4n) is 3.58. The van der Waals surface area contributed by atoms with Crippen molar-refractivity contribution in [2.24, 2.45) is 0 Å². The van der Waals surface area contributed by atoms with Crippen molar-refractivity contribution in [2.45, 2.75) is 26.3 Å². The van der Waals surface area contributed by atoms with E-state index in [1.165, 1.54) is 5.56 Å². The number of aryl methyl sites for hydroxylation is 1. The van der Waals surface area contributed by atoms with Crippen LogP contribution in [0, 0.1) is 6.92 Å². The Kier molecular flexibility index (Phi) is 4.70. The standard InChI is InChI=1S/C21H18Cl2N2O2/c1-12-7-8-15-16(22)10-17(23)21(20(15)24-12)27-11-19(26)25-13(2)9-14-5-3-4-6-18(14)25/h3-8,10,13H,9,11H2,1-2H3. The van der Waals surface area contributed by atoms with Crippen molar-refractivity contribution in [3.05, 3.63) is 63.8 Å². The summed E-state index contributed by atoms with van der Waals surface area (Å²) < 4.78 is 5.85. The van der Waals surface area contributed by atoms with Crippen LogP contribution in [0.5, 0.6) is 5.75 Å². The molecular formula is C21H18Cl2N2O2. The molecule has 0 fully saturated rings. The van der Waals surface area contributed by atoms with Gasteiger partial charge in [-0.2, -0.15) is 0 Å². The SMILES string of the molecule is Cc1ccc2c(Cl)cc(Cl)c(OCC(=O)N3c4ccccc4CC3C)c2n1. The largest absolute Gasteiger partial charge is 0.480 e. The molecule has 0 N–H and O–H groups in total. The first-order chi connectivity index (χ1) is 13.0. The zero-order valence-electron chi connectivity index (χ0n) is 15.0. The second-order valence-corrected chi connectivity index (χ2v) is 7.57. The molecule has 1 unspecified atom stereocenters. The fourth-order valence-corrected chi connectivity index (χ4v) is 4.15. The molecule has 6 heteroatoms. The van der Waals surface area contributed by atoms with E-state index in [1.807, 2.05) is 44.2 Å². The maximum atomic E-state index is 12.9. The van der Waals surface area contributed by atoms with Crippen molar-refractivity contribution in [1.29, 1.82) is 0 Å². The highest BCUT2D eigenvalue weighted by Gasteiger charge is 2.31. The molecule has 3 aromatic rings. The Morgan fingerprint density at radius 2 is 2.00 bits per heavy atom. The predicted octanol–water partition coefficient (Wildman–Crippen LogP) is 5.21. The molecule has 0 aliphatic carbocycles. The van der Waals surface area contributed by atoms with Gasteiger partial charge in [0, 0.05) is 22.8 Å². The van der Waals surface area contributed by atoms with E-state index >= 15 is 0 Å². The number of carbonyl (C=O) groups excluding carboxylic acids is 1. The number of fused-ring (bicyclic) bond motifs is 2. The minimum absolute atomic E-state index is 0.0938. The van der Waals surface area contributed by atoms with Crippen LogP contribution in [0.1, 0.15) is 18.2 Å². The maximum absolute atomic E-state index is 12.9. The Bertz CT molecular complexity index is 1050. The number of aromatic nitrogens is 1. The lowest BCUT2D eigenvalue weighted by molar-refractivity contribution is -0.120. The molecule has 4 nitrogen and oxygen atoms in total. The van der Waals surface area contributed by atoms with Crippen LogP contribution in [0.15, 0.2) is 42.5 Å². The van der Waals surface area contributed by atoms with Crippen molar-refractivity contribution in [2.75, 3.05) is 11.5 Å². The van der Waals surface area contributed by atoms with Gasteiger partial charge in [0.1, 0.15) is 5.52 Å². The van der Waals surface area contributed by atoms with Crippen LogP contribution in [-0.2, 0) is 11.2 Å². The summed E-state index contributed by atoms with van der Waals surface area (Å²) in [5.41, 5.74) is 3.50. The zero-order chi connectivity index (χ0) is 19.1. The molecule has 2 heterocycles. The van der Waals surface area contributed by atoms with E-state index in [9.17, 15) is 4.79 Å². The number of benzene rings is 2. The summed E-state index contributed by atoms with van der Waals surface area (Å²) in [4.78, 5) is 19.2. The average molecular weight is 401 g/mol. The number of anilines is 1. The predicted molar refractivity (Wildman–Crippen MR) is 109 cm³/mol. The normalized spacial score (nSPS) is 15.9. The molecule has 1 aliphatic rings. The highest BCUT2D eigenvalue weighted by atomic mass is 35.5. The van der Waals surface area contributed by atoms with Crippen LogP contribution in [0.4, 0.5) is 5.69 Å². The van der Waals surface area contributed by atoms with E-state index < -0.39 is 0 Å². The summed E-state index contributed by atoms with van der Waals surface area (Å²) in [7, 11) is 0. The van der Waals surface area contributed by atoms with Gasteiger partial charge < -0.3 is 9.64 Å². The van der Waals surface area contributed by atoms with Gasteiger partial charge in [0.2, 0.25) is 0 Å². The van der Waals surface area contributed by atoms with Gasteiger partial charge in [-0.05, 0) is 50.1 Å². The number of hydrogen-bond donors (Lipinski definition) is 0. The third-order valence-corrected chi connectivity index (χ3v) is 5.39. The number of rotatable bonds is 3. The molecule has 138 valence electrons. The number of nitrogens with zero attached hydrogens (tertiary/aromatic N) is 2. The van der Waals surface area contributed by atoms with Crippen molar-refractivity contribution in [1.82, 2.24) is 4.98 Å². The van der Waals surface area contributed by atoms with Crippen LogP contribution in [0.3, 0.4) is 0 Å². The third-order valence-electron chi connectivity index (χ3n) is 4.79. The van der Waals surface area contributed by atoms with Gasteiger partial charge in [0.15, 0.2) is 12.4 Å². The molecule has 0 saturated carbocycles.